The SMILES string of the molecule is CC(=O)c1ccc(NC(=O)C(Sc2ccc(NC(=O)/C(=C/c3ccc(Cl)cc3Cl)NC(=O)c3ccccc3)cc2)c2ccccc2)cc1. The third kappa shape index (κ3) is 9.23. The van der Waals surface area contributed by atoms with Gasteiger partial charge in [-0.05, 0) is 96.9 Å². The van der Waals surface area contributed by atoms with Crippen molar-refractivity contribution in [2.24, 2.45) is 0 Å². The highest BCUT2D eigenvalue weighted by atomic mass is 35.5. The number of nitrogens with one attached hydrogen (secondary N) is 3. The smallest absolute Gasteiger partial charge is 0.272 e. The Bertz CT molecular complexity index is 1970. The Hall–Kier alpha value is -5.15. The molecular formula is C38H29Cl2N3O4S. The molecule has 0 bridgehead atoms. The molecule has 5 aromatic carbocycles. The van der Waals surface area contributed by atoms with E-state index in [0.717, 1.165) is 10.5 Å². The van der Waals surface area contributed by atoms with E-state index in [1.54, 1.807) is 97.1 Å². The van der Waals surface area contributed by atoms with Gasteiger partial charge in [-0.15, -0.1) is 11.8 Å². The van der Waals surface area contributed by atoms with E-state index in [1.807, 2.05) is 30.3 Å². The van der Waals surface area contributed by atoms with Crippen LogP contribution in [0.15, 0.2) is 138 Å². The molecule has 240 valence electrons. The number of hydrogen-bond donors (Lipinski definition) is 3. The van der Waals surface area contributed by atoms with Gasteiger partial charge in [0.25, 0.3) is 11.8 Å². The lowest BCUT2D eigenvalue weighted by molar-refractivity contribution is -0.116. The van der Waals surface area contributed by atoms with E-state index >= 15 is 0 Å². The Kier molecular flexibility index (Phi) is 11.5. The number of carbonyl (C=O) groups is 4. The summed E-state index contributed by atoms with van der Waals surface area (Å²) >= 11 is 13.8. The predicted molar refractivity (Wildman–Crippen MR) is 194 cm³/mol. The molecule has 0 aromatic heterocycles. The molecule has 10 heteroatoms. The lowest BCUT2D eigenvalue weighted by Crippen LogP contribution is -2.30. The fourth-order valence-corrected chi connectivity index (χ4v) is 6.05. The number of amides is 3. The minimum atomic E-state index is -0.592. The molecule has 7 nitrogen and oxygen atoms in total. The maximum absolute atomic E-state index is 13.5. The summed E-state index contributed by atoms with van der Waals surface area (Å²) in [5.41, 5.74) is 3.26. The van der Waals surface area contributed by atoms with Crippen molar-refractivity contribution in [3.8, 4) is 0 Å². The molecule has 0 spiro atoms. The summed E-state index contributed by atoms with van der Waals surface area (Å²) in [6.45, 7) is 1.49. The van der Waals surface area contributed by atoms with Crippen molar-refractivity contribution in [1.82, 2.24) is 5.32 Å². The van der Waals surface area contributed by atoms with Crippen molar-refractivity contribution in [2.45, 2.75) is 17.1 Å². The number of anilines is 2. The maximum atomic E-state index is 13.5. The lowest BCUT2D eigenvalue weighted by atomic mass is 10.1. The quantitative estimate of drug-likeness (QED) is 0.0727. The molecule has 0 saturated heterocycles. The standard InChI is InChI=1S/C38H29Cl2N3O4S/c1-24(44)25-13-16-30(17-14-25)42-38(47)35(26-8-4-2-5-9-26)48-32-20-18-31(19-21-32)41-37(46)34(22-28-12-15-29(39)23-33(28)40)43-36(45)27-10-6-3-7-11-27/h2-23,35H,1H3,(H,41,46)(H,42,47)(H,43,45)/b34-22-. The van der Waals surface area contributed by atoms with Crippen molar-refractivity contribution in [1.29, 1.82) is 0 Å². The summed E-state index contributed by atoms with van der Waals surface area (Å²) in [4.78, 5) is 52.4. The monoisotopic (exact) mass is 693 g/mol. The zero-order valence-corrected chi connectivity index (χ0v) is 27.9. The fraction of sp³-hybridized carbons (Fsp3) is 0.0526. The summed E-state index contributed by atoms with van der Waals surface area (Å²) in [7, 11) is 0. The second-order valence-electron chi connectivity index (χ2n) is 10.6. The fourth-order valence-electron chi connectivity index (χ4n) is 4.56. The van der Waals surface area contributed by atoms with Gasteiger partial charge >= 0.3 is 0 Å². The predicted octanol–water partition coefficient (Wildman–Crippen LogP) is 9.08. The number of benzene rings is 5. The zero-order chi connectivity index (χ0) is 34.0. The highest BCUT2D eigenvalue weighted by Gasteiger charge is 2.23. The van der Waals surface area contributed by atoms with Crippen LogP contribution in [0.1, 0.15) is 44.0 Å². The Morgan fingerprint density at radius 2 is 1.29 bits per heavy atom. The first-order valence-electron chi connectivity index (χ1n) is 14.7. The van der Waals surface area contributed by atoms with Crippen LogP contribution < -0.4 is 16.0 Å². The molecule has 1 unspecified atom stereocenters. The Balaban J connectivity index is 1.33. The summed E-state index contributed by atoms with van der Waals surface area (Å²) in [6.07, 6.45) is 1.48. The number of rotatable bonds is 11. The number of ketones is 1. The molecular weight excluding hydrogens is 665 g/mol. The number of carbonyl (C=O) groups excluding carboxylic acids is 4. The summed E-state index contributed by atoms with van der Waals surface area (Å²) in [5, 5.41) is 8.62. The molecule has 0 radical (unpaired) electrons. The first kappa shape index (κ1) is 34.2. The molecule has 48 heavy (non-hydrogen) atoms. The van der Waals surface area contributed by atoms with E-state index in [9.17, 15) is 19.2 Å². The molecule has 5 rings (SSSR count). The highest BCUT2D eigenvalue weighted by Crippen LogP contribution is 2.37. The van der Waals surface area contributed by atoms with Crippen LogP contribution in [-0.2, 0) is 9.59 Å². The number of hydrogen-bond acceptors (Lipinski definition) is 5. The minimum absolute atomic E-state index is 0.0244. The van der Waals surface area contributed by atoms with Gasteiger partial charge in [0.1, 0.15) is 10.9 Å². The first-order valence-corrected chi connectivity index (χ1v) is 16.4. The molecule has 0 fully saturated rings. The van der Waals surface area contributed by atoms with Crippen molar-refractivity contribution in [2.75, 3.05) is 10.6 Å². The number of Topliss-reactive ketones (excluding diaryl/α,β-unsaturated/α-hetero) is 1. The molecule has 0 aliphatic carbocycles. The van der Waals surface area contributed by atoms with Gasteiger partial charge in [-0.2, -0.15) is 0 Å². The van der Waals surface area contributed by atoms with Gasteiger partial charge in [-0.1, -0.05) is 77.8 Å². The molecule has 3 N–H and O–H groups in total. The second kappa shape index (κ2) is 16.1. The van der Waals surface area contributed by atoms with Crippen LogP contribution in [0, 0.1) is 0 Å². The van der Waals surface area contributed by atoms with Crippen molar-refractivity contribution in [3.63, 3.8) is 0 Å². The van der Waals surface area contributed by atoms with Gasteiger partial charge < -0.3 is 16.0 Å². The Labute approximate surface area is 292 Å². The second-order valence-corrected chi connectivity index (χ2v) is 12.6. The van der Waals surface area contributed by atoms with Gasteiger partial charge in [0.2, 0.25) is 5.91 Å². The number of halogens is 2. The van der Waals surface area contributed by atoms with E-state index in [1.165, 1.54) is 24.8 Å². The molecule has 5 aromatic rings. The van der Waals surface area contributed by atoms with E-state index in [2.05, 4.69) is 16.0 Å². The molecule has 0 saturated carbocycles. The van der Waals surface area contributed by atoms with Crippen LogP contribution in [0.25, 0.3) is 6.08 Å². The summed E-state index contributed by atoms with van der Waals surface area (Å²) < 4.78 is 0. The third-order valence-corrected chi connectivity index (χ3v) is 8.89. The molecule has 0 heterocycles. The minimum Gasteiger partial charge on any atom is -0.325 e. The van der Waals surface area contributed by atoms with Crippen molar-refractivity contribution >= 4 is 75.9 Å². The average molecular weight is 695 g/mol. The van der Waals surface area contributed by atoms with Crippen LogP contribution in [0.3, 0.4) is 0 Å². The van der Waals surface area contributed by atoms with Crippen LogP contribution >= 0.6 is 35.0 Å². The normalized spacial score (nSPS) is 11.7. The van der Waals surface area contributed by atoms with E-state index < -0.39 is 17.1 Å². The van der Waals surface area contributed by atoms with Gasteiger partial charge in [-0.25, -0.2) is 0 Å². The van der Waals surface area contributed by atoms with Crippen LogP contribution in [-0.4, -0.2) is 23.5 Å². The zero-order valence-electron chi connectivity index (χ0n) is 25.6. The molecule has 0 aliphatic rings. The maximum Gasteiger partial charge on any atom is 0.272 e. The Morgan fingerprint density at radius 3 is 1.92 bits per heavy atom. The van der Waals surface area contributed by atoms with Gasteiger partial charge in [0, 0.05) is 37.4 Å². The van der Waals surface area contributed by atoms with Gasteiger partial charge in [0.05, 0.1) is 0 Å². The largest absolute Gasteiger partial charge is 0.325 e. The van der Waals surface area contributed by atoms with E-state index in [4.69, 9.17) is 23.2 Å². The van der Waals surface area contributed by atoms with Gasteiger partial charge in [0.15, 0.2) is 5.78 Å². The highest BCUT2D eigenvalue weighted by molar-refractivity contribution is 8.00. The molecule has 3 amide bonds. The summed E-state index contributed by atoms with van der Waals surface area (Å²) in [5.74, 6) is -1.32. The third-order valence-electron chi connectivity index (χ3n) is 7.06. The average Bonchev–Trinajstić information content (AvgIpc) is 3.09. The van der Waals surface area contributed by atoms with E-state index in [0.29, 0.717) is 38.1 Å². The van der Waals surface area contributed by atoms with E-state index in [-0.39, 0.29) is 17.4 Å². The molecule has 1 atom stereocenters. The summed E-state index contributed by atoms with van der Waals surface area (Å²) in [6, 6.07) is 36.5. The van der Waals surface area contributed by atoms with Crippen molar-refractivity contribution < 1.29 is 19.2 Å². The van der Waals surface area contributed by atoms with Crippen LogP contribution in [0.2, 0.25) is 10.0 Å². The van der Waals surface area contributed by atoms with Crippen molar-refractivity contribution in [3.05, 3.63) is 165 Å². The van der Waals surface area contributed by atoms with Gasteiger partial charge in [-0.3, -0.25) is 19.2 Å². The van der Waals surface area contributed by atoms with Crippen LogP contribution in [0.4, 0.5) is 11.4 Å². The van der Waals surface area contributed by atoms with Crippen LogP contribution in [0.5, 0.6) is 0 Å². The lowest BCUT2D eigenvalue weighted by Gasteiger charge is -2.18. The Morgan fingerprint density at radius 1 is 0.688 bits per heavy atom. The topological polar surface area (TPSA) is 104 Å². The molecule has 0 aliphatic heterocycles. The first-order chi connectivity index (χ1) is 23.2. The number of thioether (sulfide) groups is 1.